The normalized spacial score (nSPS) is 13.4. The molecule has 0 heterocycles. The monoisotopic (exact) mass is 474 g/mol. The number of carbonyl (C=O) groups excluding carboxylic acids is 3. The zero-order valence-electron chi connectivity index (χ0n) is 21.6. The van der Waals surface area contributed by atoms with E-state index in [2.05, 4.69) is 5.32 Å². The molecule has 2 N–H and O–H groups in total. The fourth-order valence-corrected chi connectivity index (χ4v) is 2.67. The van der Waals surface area contributed by atoms with Crippen molar-refractivity contribution < 1.29 is 38.5 Å². The number of hydrogen-bond acceptors (Lipinski definition) is 9. The number of carboxylic acids is 1. The van der Waals surface area contributed by atoms with Crippen molar-refractivity contribution in [2.75, 3.05) is 26.2 Å². The van der Waals surface area contributed by atoms with Gasteiger partial charge in [0.25, 0.3) is 0 Å². The Bertz CT molecular complexity index is 641. The van der Waals surface area contributed by atoms with Gasteiger partial charge in [0.05, 0.1) is 13.1 Å². The van der Waals surface area contributed by atoms with Crippen molar-refractivity contribution in [3.8, 4) is 0 Å². The van der Waals surface area contributed by atoms with Crippen LogP contribution in [-0.4, -0.2) is 82.9 Å². The van der Waals surface area contributed by atoms with Crippen LogP contribution in [0.2, 0.25) is 0 Å². The first-order valence-electron chi connectivity index (χ1n) is 11.1. The summed E-state index contributed by atoms with van der Waals surface area (Å²) in [6.07, 6.45) is -0.168. The Morgan fingerprint density at radius 1 is 0.788 bits per heavy atom. The number of ether oxygens (including phenoxy) is 3. The Kier molecular flexibility index (Phi) is 12.0. The quantitative estimate of drug-likeness (QED) is 0.320. The van der Waals surface area contributed by atoms with Crippen LogP contribution in [0.25, 0.3) is 0 Å². The molecular formula is C23H42N2O8. The lowest BCUT2D eigenvalue weighted by molar-refractivity contribution is -0.161. The summed E-state index contributed by atoms with van der Waals surface area (Å²) in [4.78, 5) is 49.6. The largest absolute Gasteiger partial charge is 0.481 e. The van der Waals surface area contributed by atoms with Crippen LogP contribution in [0.3, 0.4) is 0 Å². The second-order valence-electron chi connectivity index (χ2n) is 10.9. The van der Waals surface area contributed by atoms with Crippen LogP contribution in [0, 0.1) is 0 Å². The number of nitrogens with one attached hydrogen (secondary N) is 1. The summed E-state index contributed by atoms with van der Waals surface area (Å²) >= 11 is 0. The van der Waals surface area contributed by atoms with Crippen molar-refractivity contribution in [1.82, 2.24) is 10.2 Å². The van der Waals surface area contributed by atoms with Gasteiger partial charge in [-0.3, -0.25) is 24.1 Å². The second-order valence-corrected chi connectivity index (χ2v) is 10.9. The van der Waals surface area contributed by atoms with E-state index in [9.17, 15) is 19.2 Å². The number of esters is 3. The summed E-state index contributed by atoms with van der Waals surface area (Å²) < 4.78 is 16.1. The summed E-state index contributed by atoms with van der Waals surface area (Å²) in [5, 5.41) is 12.0. The summed E-state index contributed by atoms with van der Waals surface area (Å²) in [6, 6.07) is -0.842. The lowest BCUT2D eigenvalue weighted by Gasteiger charge is -2.27. The summed E-state index contributed by atoms with van der Waals surface area (Å²) in [6.45, 7) is 15.8. The van der Waals surface area contributed by atoms with Crippen LogP contribution in [0.15, 0.2) is 0 Å². The highest BCUT2D eigenvalue weighted by atomic mass is 16.6. The zero-order valence-corrected chi connectivity index (χ0v) is 21.6. The summed E-state index contributed by atoms with van der Waals surface area (Å²) in [5.41, 5.74) is -2.07. The number of hydrogen-bond donors (Lipinski definition) is 2. The Labute approximate surface area is 197 Å². The first-order chi connectivity index (χ1) is 14.8. The van der Waals surface area contributed by atoms with Crippen molar-refractivity contribution in [2.24, 2.45) is 0 Å². The molecule has 0 amide bonds. The molecular weight excluding hydrogens is 432 g/mol. The molecule has 0 aromatic carbocycles. The van der Waals surface area contributed by atoms with Gasteiger partial charge in [-0.25, -0.2) is 0 Å². The van der Waals surface area contributed by atoms with Gasteiger partial charge in [0, 0.05) is 19.5 Å². The van der Waals surface area contributed by atoms with Crippen LogP contribution in [0.1, 0.15) is 75.2 Å². The Hall–Kier alpha value is -2.20. The van der Waals surface area contributed by atoms with E-state index in [4.69, 9.17) is 19.3 Å². The van der Waals surface area contributed by atoms with Gasteiger partial charge < -0.3 is 24.6 Å². The molecule has 0 saturated heterocycles. The number of carboxylic acid groups (broad SMARTS) is 1. The van der Waals surface area contributed by atoms with Gasteiger partial charge in [-0.2, -0.15) is 0 Å². The van der Waals surface area contributed by atoms with Gasteiger partial charge in [0.1, 0.15) is 22.8 Å². The third-order valence-electron chi connectivity index (χ3n) is 3.70. The van der Waals surface area contributed by atoms with Crippen LogP contribution in [-0.2, 0) is 33.4 Å². The maximum Gasteiger partial charge on any atom is 0.323 e. The van der Waals surface area contributed by atoms with Gasteiger partial charge in [0.15, 0.2) is 0 Å². The average molecular weight is 475 g/mol. The molecule has 1 atom stereocenters. The van der Waals surface area contributed by atoms with E-state index in [1.54, 1.807) is 67.2 Å². The highest BCUT2D eigenvalue weighted by molar-refractivity contribution is 5.77. The highest BCUT2D eigenvalue weighted by Gasteiger charge is 2.27. The highest BCUT2D eigenvalue weighted by Crippen LogP contribution is 2.12. The molecule has 0 aliphatic rings. The smallest absolute Gasteiger partial charge is 0.323 e. The zero-order chi connectivity index (χ0) is 26.0. The van der Waals surface area contributed by atoms with Gasteiger partial charge in [0.2, 0.25) is 0 Å². The van der Waals surface area contributed by atoms with E-state index in [1.165, 1.54) is 0 Å². The Balaban J connectivity index is 5.19. The predicted octanol–water partition coefficient (Wildman–Crippen LogP) is 2.14. The van der Waals surface area contributed by atoms with E-state index in [0.717, 1.165) is 0 Å². The molecule has 192 valence electrons. The van der Waals surface area contributed by atoms with Crippen molar-refractivity contribution >= 4 is 23.9 Å². The van der Waals surface area contributed by atoms with Crippen LogP contribution < -0.4 is 5.32 Å². The van der Waals surface area contributed by atoms with E-state index in [0.29, 0.717) is 0 Å². The molecule has 0 radical (unpaired) electrons. The Morgan fingerprint density at radius 3 is 1.58 bits per heavy atom. The molecule has 0 bridgehead atoms. The average Bonchev–Trinajstić information content (AvgIpc) is 2.51. The van der Waals surface area contributed by atoms with E-state index in [1.807, 2.05) is 0 Å². The predicted molar refractivity (Wildman–Crippen MR) is 123 cm³/mol. The van der Waals surface area contributed by atoms with Crippen LogP contribution >= 0.6 is 0 Å². The van der Waals surface area contributed by atoms with Crippen molar-refractivity contribution in [3.05, 3.63) is 0 Å². The van der Waals surface area contributed by atoms with Gasteiger partial charge in [-0.1, -0.05) is 0 Å². The van der Waals surface area contributed by atoms with Crippen molar-refractivity contribution in [2.45, 2.75) is 98.0 Å². The van der Waals surface area contributed by atoms with E-state index < -0.39 is 46.7 Å². The molecule has 0 aromatic rings. The summed E-state index contributed by atoms with van der Waals surface area (Å²) in [5.74, 6) is -2.59. The minimum atomic E-state index is -1.03. The molecule has 0 rings (SSSR count). The topological polar surface area (TPSA) is 131 Å². The second kappa shape index (κ2) is 12.9. The molecule has 0 aliphatic carbocycles. The van der Waals surface area contributed by atoms with Crippen molar-refractivity contribution in [1.29, 1.82) is 0 Å². The van der Waals surface area contributed by atoms with Gasteiger partial charge in [-0.05, 0) is 68.7 Å². The molecule has 10 heteroatoms. The van der Waals surface area contributed by atoms with Crippen LogP contribution in [0.5, 0.6) is 0 Å². The molecule has 10 nitrogen and oxygen atoms in total. The van der Waals surface area contributed by atoms with Crippen molar-refractivity contribution in [3.63, 3.8) is 0 Å². The van der Waals surface area contributed by atoms with Gasteiger partial charge in [-0.15, -0.1) is 0 Å². The SMILES string of the molecule is CC(C)(C)OC(=O)CN(CCNC(CCC(=O)O)C(=O)OC(C)(C)C)CC(=O)OC(C)(C)C. The summed E-state index contributed by atoms with van der Waals surface area (Å²) in [7, 11) is 0. The number of carbonyl (C=O) groups is 4. The number of nitrogens with zero attached hydrogens (tertiary/aromatic N) is 1. The maximum absolute atomic E-state index is 12.5. The van der Waals surface area contributed by atoms with E-state index in [-0.39, 0.29) is 39.0 Å². The fraction of sp³-hybridized carbons (Fsp3) is 0.826. The number of rotatable bonds is 12. The van der Waals surface area contributed by atoms with Crippen LogP contribution in [0.4, 0.5) is 0 Å². The lowest BCUT2D eigenvalue weighted by atomic mass is 10.1. The molecule has 0 fully saturated rings. The third kappa shape index (κ3) is 18.0. The molecule has 0 saturated carbocycles. The van der Waals surface area contributed by atoms with E-state index >= 15 is 0 Å². The standard InChI is InChI=1S/C23H42N2O8/c1-21(2,3)31-18(28)14-25(15-19(29)32-22(4,5)6)13-12-24-16(10-11-17(26)27)20(30)33-23(7,8)9/h16,24H,10-15H2,1-9H3,(H,26,27). The van der Waals surface area contributed by atoms with Gasteiger partial charge >= 0.3 is 23.9 Å². The Morgan fingerprint density at radius 2 is 1.21 bits per heavy atom. The first-order valence-corrected chi connectivity index (χ1v) is 11.1. The maximum atomic E-state index is 12.5. The minimum Gasteiger partial charge on any atom is -0.481 e. The molecule has 0 aliphatic heterocycles. The molecule has 1 unspecified atom stereocenters. The minimum absolute atomic E-state index is 0.0440. The fourth-order valence-electron chi connectivity index (χ4n) is 2.67. The molecule has 0 spiro atoms. The number of aliphatic carboxylic acids is 1. The molecule has 0 aromatic heterocycles. The lowest BCUT2D eigenvalue weighted by Crippen LogP contribution is -2.47. The first kappa shape index (κ1) is 30.8. The third-order valence-corrected chi connectivity index (χ3v) is 3.70. The molecule has 33 heavy (non-hydrogen) atoms.